The van der Waals surface area contributed by atoms with Gasteiger partial charge in [0.2, 0.25) is 11.8 Å². The number of amides is 2. The standard InChI is InChI=1S/C26H34N2O5S/c1-13(2)12-27-25(30)19(8-9-34-7)28-21(29)11-18-16(5)23-20(33-26(18)31)10-14(3)22-15(4)17(6)32-24(22)23/h10,13,19H,8-9,11-12H2,1-7H3,(H,27,30)(H,28,29). The largest absolute Gasteiger partial charge is 0.460 e. The Bertz CT molecular complexity index is 1290. The van der Waals surface area contributed by atoms with Gasteiger partial charge >= 0.3 is 5.63 Å². The van der Waals surface area contributed by atoms with Gasteiger partial charge in [0.1, 0.15) is 23.0 Å². The number of hydrogen-bond donors (Lipinski definition) is 2. The van der Waals surface area contributed by atoms with Gasteiger partial charge in [-0.1, -0.05) is 13.8 Å². The normalized spacial score (nSPS) is 12.5. The molecule has 3 rings (SSSR count). The van der Waals surface area contributed by atoms with Gasteiger partial charge in [0, 0.05) is 11.9 Å². The SMILES string of the molecule is CSCCC(NC(=O)Cc1c(C)c2c(cc(C)c3c(C)c(C)oc32)oc1=O)C(=O)NCC(C)C. The molecule has 0 aliphatic carbocycles. The molecule has 0 radical (unpaired) electrons. The molecule has 1 atom stereocenters. The fraction of sp³-hybridized carbons (Fsp3) is 0.500. The number of carbonyl (C=O) groups excluding carboxylic acids is 2. The van der Waals surface area contributed by atoms with Gasteiger partial charge < -0.3 is 19.5 Å². The first-order valence-corrected chi connectivity index (χ1v) is 13.0. The second-order valence-corrected chi connectivity index (χ2v) is 10.2. The van der Waals surface area contributed by atoms with Crippen LogP contribution >= 0.6 is 11.8 Å². The van der Waals surface area contributed by atoms with Crippen molar-refractivity contribution in [1.82, 2.24) is 10.6 Å². The number of carbonyl (C=O) groups is 2. The first kappa shape index (κ1) is 25.9. The highest BCUT2D eigenvalue weighted by Crippen LogP contribution is 2.36. The van der Waals surface area contributed by atoms with Gasteiger partial charge in [-0.25, -0.2) is 4.79 Å². The van der Waals surface area contributed by atoms with E-state index in [0.29, 0.717) is 41.0 Å². The number of hydrogen-bond acceptors (Lipinski definition) is 6. The summed E-state index contributed by atoms with van der Waals surface area (Å²) in [6.07, 6.45) is 2.29. The Labute approximate surface area is 204 Å². The lowest BCUT2D eigenvalue weighted by molar-refractivity contribution is -0.128. The van der Waals surface area contributed by atoms with Gasteiger partial charge in [0.15, 0.2) is 0 Å². The van der Waals surface area contributed by atoms with Crippen LogP contribution in [0.5, 0.6) is 0 Å². The summed E-state index contributed by atoms with van der Waals surface area (Å²) < 4.78 is 11.7. The molecule has 0 spiro atoms. The maximum atomic E-state index is 12.9. The molecule has 0 saturated carbocycles. The second kappa shape index (κ2) is 10.7. The average molecular weight is 487 g/mol. The molecule has 0 aliphatic heterocycles. The summed E-state index contributed by atoms with van der Waals surface area (Å²) in [6.45, 7) is 12.2. The molecule has 1 aromatic carbocycles. The van der Waals surface area contributed by atoms with E-state index < -0.39 is 17.6 Å². The van der Waals surface area contributed by atoms with Crippen molar-refractivity contribution < 1.29 is 18.4 Å². The summed E-state index contributed by atoms with van der Waals surface area (Å²) in [7, 11) is 0. The monoisotopic (exact) mass is 486 g/mol. The molecular weight excluding hydrogens is 452 g/mol. The van der Waals surface area contributed by atoms with Gasteiger partial charge in [-0.15, -0.1) is 0 Å². The van der Waals surface area contributed by atoms with Crippen molar-refractivity contribution in [2.45, 2.75) is 60.4 Å². The maximum Gasteiger partial charge on any atom is 0.340 e. The van der Waals surface area contributed by atoms with Crippen molar-refractivity contribution in [3.8, 4) is 0 Å². The molecule has 0 saturated heterocycles. The summed E-state index contributed by atoms with van der Waals surface area (Å²) in [5.41, 5.74) is 3.49. The molecule has 34 heavy (non-hydrogen) atoms. The molecule has 3 aromatic rings. The molecule has 2 aromatic heterocycles. The highest BCUT2D eigenvalue weighted by molar-refractivity contribution is 7.98. The van der Waals surface area contributed by atoms with Crippen LogP contribution in [-0.4, -0.2) is 36.4 Å². The summed E-state index contributed by atoms with van der Waals surface area (Å²) >= 11 is 1.61. The molecule has 8 heteroatoms. The molecule has 2 N–H and O–H groups in total. The van der Waals surface area contributed by atoms with E-state index in [0.717, 1.165) is 28.0 Å². The van der Waals surface area contributed by atoms with Crippen LogP contribution in [0.3, 0.4) is 0 Å². The van der Waals surface area contributed by atoms with E-state index in [9.17, 15) is 14.4 Å². The van der Waals surface area contributed by atoms with Crippen molar-refractivity contribution in [3.63, 3.8) is 0 Å². The van der Waals surface area contributed by atoms with Gasteiger partial charge in [-0.05, 0) is 74.8 Å². The van der Waals surface area contributed by atoms with E-state index in [1.807, 2.05) is 53.9 Å². The third-order valence-electron chi connectivity index (χ3n) is 6.16. The Balaban J connectivity index is 1.94. The fourth-order valence-electron chi connectivity index (χ4n) is 4.17. The molecular formula is C26H34N2O5S. The lowest BCUT2D eigenvalue weighted by Gasteiger charge is -2.19. The lowest BCUT2D eigenvalue weighted by Crippen LogP contribution is -2.48. The Morgan fingerprint density at radius 2 is 1.76 bits per heavy atom. The number of thioether (sulfide) groups is 1. The zero-order valence-corrected chi connectivity index (χ0v) is 21.8. The molecule has 0 bridgehead atoms. The molecule has 1 unspecified atom stereocenters. The number of benzene rings is 1. The van der Waals surface area contributed by atoms with Crippen molar-refractivity contribution in [3.05, 3.63) is 44.5 Å². The Hall–Kier alpha value is -2.74. The predicted octanol–water partition coefficient (Wildman–Crippen LogP) is 4.33. The average Bonchev–Trinajstić information content (AvgIpc) is 3.06. The predicted molar refractivity (Wildman–Crippen MR) is 138 cm³/mol. The van der Waals surface area contributed by atoms with E-state index in [2.05, 4.69) is 10.6 Å². The van der Waals surface area contributed by atoms with Crippen molar-refractivity contribution in [2.75, 3.05) is 18.6 Å². The molecule has 0 aliphatic rings. The number of nitrogens with one attached hydrogen (secondary N) is 2. The van der Waals surface area contributed by atoms with Crippen LogP contribution < -0.4 is 16.3 Å². The minimum atomic E-state index is -0.656. The van der Waals surface area contributed by atoms with Crippen LogP contribution in [-0.2, 0) is 16.0 Å². The minimum Gasteiger partial charge on any atom is -0.460 e. The third-order valence-corrected chi connectivity index (χ3v) is 6.81. The Morgan fingerprint density at radius 3 is 2.41 bits per heavy atom. The summed E-state index contributed by atoms with van der Waals surface area (Å²) in [5.74, 6) is 1.23. The van der Waals surface area contributed by atoms with E-state index in [-0.39, 0.29) is 17.9 Å². The maximum absolute atomic E-state index is 12.9. The highest BCUT2D eigenvalue weighted by atomic mass is 32.2. The molecule has 2 amide bonds. The Kier molecular flexibility index (Phi) is 8.13. The van der Waals surface area contributed by atoms with Crippen LogP contribution in [0.4, 0.5) is 0 Å². The topological polar surface area (TPSA) is 102 Å². The van der Waals surface area contributed by atoms with Crippen LogP contribution in [0.25, 0.3) is 21.9 Å². The summed E-state index contributed by atoms with van der Waals surface area (Å²) in [4.78, 5) is 38.4. The van der Waals surface area contributed by atoms with Gasteiger partial charge in [0.05, 0.1) is 17.4 Å². The number of rotatable bonds is 9. The highest BCUT2D eigenvalue weighted by Gasteiger charge is 2.24. The van der Waals surface area contributed by atoms with Crippen LogP contribution in [0.2, 0.25) is 0 Å². The van der Waals surface area contributed by atoms with Crippen LogP contribution in [0, 0.1) is 33.6 Å². The van der Waals surface area contributed by atoms with Crippen molar-refractivity contribution in [1.29, 1.82) is 0 Å². The Morgan fingerprint density at radius 1 is 1.06 bits per heavy atom. The zero-order chi connectivity index (χ0) is 25.2. The van der Waals surface area contributed by atoms with Gasteiger partial charge in [-0.2, -0.15) is 11.8 Å². The number of fused-ring (bicyclic) bond motifs is 3. The fourth-order valence-corrected chi connectivity index (χ4v) is 4.65. The molecule has 184 valence electrons. The molecule has 2 heterocycles. The first-order chi connectivity index (χ1) is 16.0. The van der Waals surface area contributed by atoms with E-state index in [1.165, 1.54) is 0 Å². The van der Waals surface area contributed by atoms with Gasteiger partial charge in [-0.3, -0.25) is 9.59 Å². The van der Waals surface area contributed by atoms with Crippen molar-refractivity contribution >= 4 is 45.5 Å². The molecule has 0 fully saturated rings. The number of aryl methyl sites for hydroxylation is 4. The smallest absolute Gasteiger partial charge is 0.340 e. The van der Waals surface area contributed by atoms with Gasteiger partial charge in [0.25, 0.3) is 0 Å². The van der Waals surface area contributed by atoms with E-state index >= 15 is 0 Å². The van der Waals surface area contributed by atoms with Crippen LogP contribution in [0.15, 0.2) is 19.7 Å². The zero-order valence-electron chi connectivity index (χ0n) is 21.0. The van der Waals surface area contributed by atoms with E-state index in [4.69, 9.17) is 8.83 Å². The quantitative estimate of drug-likeness (QED) is 0.437. The lowest BCUT2D eigenvalue weighted by atomic mass is 9.98. The molecule has 7 nitrogen and oxygen atoms in total. The first-order valence-electron chi connectivity index (χ1n) is 11.6. The van der Waals surface area contributed by atoms with E-state index in [1.54, 1.807) is 11.8 Å². The third kappa shape index (κ3) is 5.32. The van der Waals surface area contributed by atoms with Crippen molar-refractivity contribution in [2.24, 2.45) is 5.92 Å². The summed E-state index contributed by atoms with van der Waals surface area (Å²) in [5, 5.41) is 7.40. The minimum absolute atomic E-state index is 0.175. The number of furan rings is 1. The second-order valence-electron chi connectivity index (χ2n) is 9.26. The van der Waals surface area contributed by atoms with Crippen LogP contribution in [0.1, 0.15) is 48.3 Å². The summed E-state index contributed by atoms with van der Waals surface area (Å²) in [6, 6.07) is 1.19.